The highest BCUT2D eigenvalue weighted by Crippen LogP contribution is 2.39. The Kier molecular flexibility index (Phi) is 4.97. The summed E-state index contributed by atoms with van der Waals surface area (Å²) in [6.45, 7) is 3.63. The Morgan fingerprint density at radius 1 is 1.29 bits per heavy atom. The van der Waals surface area contributed by atoms with Gasteiger partial charge in [0, 0.05) is 13.2 Å². The summed E-state index contributed by atoms with van der Waals surface area (Å²) in [6.07, 6.45) is 8.08. The monoisotopic (exact) mass is 195 g/mol. The van der Waals surface area contributed by atoms with Crippen LogP contribution in [0.15, 0.2) is 0 Å². The first-order valence-electron chi connectivity index (χ1n) is 5.82. The second-order valence-electron chi connectivity index (χ2n) is 4.25. The number of nitrogens with zero attached hydrogens (tertiary/aromatic N) is 1. The van der Waals surface area contributed by atoms with Gasteiger partial charge < -0.3 is 4.74 Å². The van der Waals surface area contributed by atoms with Crippen LogP contribution in [0.2, 0.25) is 0 Å². The zero-order chi connectivity index (χ0) is 10.3. The van der Waals surface area contributed by atoms with Gasteiger partial charge in [-0.2, -0.15) is 5.26 Å². The second kappa shape index (κ2) is 6.03. The van der Waals surface area contributed by atoms with Gasteiger partial charge in [-0.1, -0.05) is 19.3 Å². The summed E-state index contributed by atoms with van der Waals surface area (Å²) in [5.41, 5.74) is -0.00461. The molecule has 0 aromatic carbocycles. The van der Waals surface area contributed by atoms with Gasteiger partial charge >= 0.3 is 0 Å². The van der Waals surface area contributed by atoms with Gasteiger partial charge in [0.25, 0.3) is 0 Å². The topological polar surface area (TPSA) is 33.0 Å². The highest BCUT2D eigenvalue weighted by atomic mass is 16.5. The fourth-order valence-corrected chi connectivity index (χ4v) is 2.30. The molecule has 2 nitrogen and oxygen atoms in total. The summed E-state index contributed by atoms with van der Waals surface area (Å²) < 4.78 is 5.30. The van der Waals surface area contributed by atoms with Crippen LogP contribution in [-0.2, 0) is 4.74 Å². The van der Waals surface area contributed by atoms with E-state index >= 15 is 0 Å². The average Bonchev–Trinajstić information content (AvgIpc) is 2.26. The van der Waals surface area contributed by atoms with E-state index in [2.05, 4.69) is 6.07 Å². The lowest BCUT2D eigenvalue weighted by molar-refractivity contribution is 0.128. The summed E-state index contributed by atoms with van der Waals surface area (Å²) in [6, 6.07) is 2.54. The molecule has 0 N–H and O–H groups in total. The van der Waals surface area contributed by atoms with Crippen molar-refractivity contribution < 1.29 is 4.74 Å². The Hall–Kier alpha value is -0.550. The van der Waals surface area contributed by atoms with E-state index in [0.717, 1.165) is 38.9 Å². The van der Waals surface area contributed by atoms with E-state index in [9.17, 15) is 5.26 Å². The third-order valence-corrected chi connectivity index (χ3v) is 3.20. The minimum Gasteiger partial charge on any atom is -0.382 e. The van der Waals surface area contributed by atoms with Gasteiger partial charge in [0.1, 0.15) is 0 Å². The van der Waals surface area contributed by atoms with Crippen molar-refractivity contribution in [2.75, 3.05) is 13.2 Å². The maximum absolute atomic E-state index is 9.21. The van der Waals surface area contributed by atoms with E-state index < -0.39 is 0 Å². The fourth-order valence-electron chi connectivity index (χ4n) is 2.30. The average molecular weight is 195 g/mol. The SMILES string of the molecule is CCOCCCC1(C#N)CCCCC1. The fraction of sp³-hybridized carbons (Fsp3) is 0.917. The highest BCUT2D eigenvalue weighted by molar-refractivity contribution is 5.00. The summed E-state index contributed by atoms with van der Waals surface area (Å²) in [4.78, 5) is 0. The standard InChI is InChI=1S/C12H21NO/c1-2-14-10-6-9-12(11-13)7-4-3-5-8-12/h2-10H2,1H3. The molecule has 0 radical (unpaired) electrons. The summed E-state index contributed by atoms with van der Waals surface area (Å²) in [7, 11) is 0. The van der Waals surface area contributed by atoms with Crippen LogP contribution in [0.3, 0.4) is 0 Å². The van der Waals surface area contributed by atoms with E-state index in [-0.39, 0.29) is 5.41 Å². The van der Waals surface area contributed by atoms with E-state index in [1.807, 2.05) is 6.92 Å². The van der Waals surface area contributed by atoms with Gasteiger partial charge in [-0.05, 0) is 32.6 Å². The molecule has 0 aromatic rings. The Balaban J connectivity index is 2.26. The van der Waals surface area contributed by atoms with Gasteiger partial charge in [0.15, 0.2) is 0 Å². The molecular formula is C12H21NO. The Morgan fingerprint density at radius 3 is 2.57 bits per heavy atom. The maximum Gasteiger partial charge on any atom is 0.0689 e. The molecule has 0 aliphatic heterocycles. The lowest BCUT2D eigenvalue weighted by atomic mass is 9.72. The first-order chi connectivity index (χ1) is 6.83. The minimum atomic E-state index is -0.00461. The number of nitriles is 1. The van der Waals surface area contributed by atoms with Crippen molar-refractivity contribution in [1.82, 2.24) is 0 Å². The predicted molar refractivity (Wildman–Crippen MR) is 56.9 cm³/mol. The Bertz CT molecular complexity index is 189. The van der Waals surface area contributed by atoms with Crippen molar-refractivity contribution in [3.05, 3.63) is 0 Å². The van der Waals surface area contributed by atoms with Crippen LogP contribution in [-0.4, -0.2) is 13.2 Å². The van der Waals surface area contributed by atoms with Crippen molar-refractivity contribution in [2.45, 2.75) is 51.9 Å². The third-order valence-electron chi connectivity index (χ3n) is 3.20. The molecule has 1 aliphatic rings. The molecule has 1 saturated carbocycles. The molecule has 0 atom stereocenters. The lowest BCUT2D eigenvalue weighted by Crippen LogP contribution is -2.22. The molecule has 0 unspecified atom stereocenters. The van der Waals surface area contributed by atoms with Crippen LogP contribution in [0.25, 0.3) is 0 Å². The number of hydrogen-bond donors (Lipinski definition) is 0. The molecule has 14 heavy (non-hydrogen) atoms. The van der Waals surface area contributed by atoms with Crippen molar-refractivity contribution in [3.63, 3.8) is 0 Å². The molecule has 0 bridgehead atoms. The molecule has 0 aromatic heterocycles. The van der Waals surface area contributed by atoms with Gasteiger partial charge in [-0.15, -0.1) is 0 Å². The van der Waals surface area contributed by atoms with Crippen molar-refractivity contribution in [3.8, 4) is 6.07 Å². The number of ether oxygens (including phenoxy) is 1. The normalized spacial score (nSPS) is 20.3. The van der Waals surface area contributed by atoms with E-state index in [4.69, 9.17) is 4.74 Å². The second-order valence-corrected chi connectivity index (χ2v) is 4.25. The largest absolute Gasteiger partial charge is 0.382 e. The Morgan fingerprint density at radius 2 is 2.00 bits per heavy atom. The predicted octanol–water partition coefficient (Wildman–Crippen LogP) is 3.28. The molecule has 2 heteroatoms. The molecule has 0 heterocycles. The van der Waals surface area contributed by atoms with E-state index in [0.29, 0.717) is 0 Å². The van der Waals surface area contributed by atoms with Crippen LogP contribution < -0.4 is 0 Å². The van der Waals surface area contributed by atoms with E-state index in [1.54, 1.807) is 0 Å². The molecule has 0 saturated heterocycles. The number of hydrogen-bond acceptors (Lipinski definition) is 2. The van der Waals surface area contributed by atoms with Crippen molar-refractivity contribution in [1.29, 1.82) is 5.26 Å². The third kappa shape index (κ3) is 3.31. The zero-order valence-corrected chi connectivity index (χ0v) is 9.22. The smallest absolute Gasteiger partial charge is 0.0689 e. The summed E-state index contributed by atoms with van der Waals surface area (Å²) in [5.74, 6) is 0. The van der Waals surface area contributed by atoms with Gasteiger partial charge in [0.2, 0.25) is 0 Å². The molecule has 1 fully saturated rings. The molecule has 0 spiro atoms. The van der Waals surface area contributed by atoms with E-state index in [1.165, 1.54) is 19.3 Å². The molecule has 80 valence electrons. The zero-order valence-electron chi connectivity index (χ0n) is 9.22. The van der Waals surface area contributed by atoms with Crippen molar-refractivity contribution >= 4 is 0 Å². The lowest BCUT2D eigenvalue weighted by Gasteiger charge is -2.30. The van der Waals surface area contributed by atoms with Crippen LogP contribution in [0.1, 0.15) is 51.9 Å². The van der Waals surface area contributed by atoms with Gasteiger partial charge in [-0.25, -0.2) is 0 Å². The maximum atomic E-state index is 9.21. The van der Waals surface area contributed by atoms with Gasteiger partial charge in [-0.3, -0.25) is 0 Å². The summed E-state index contributed by atoms with van der Waals surface area (Å²) in [5, 5.41) is 9.21. The van der Waals surface area contributed by atoms with Crippen LogP contribution >= 0.6 is 0 Å². The first kappa shape index (κ1) is 11.5. The van der Waals surface area contributed by atoms with Crippen molar-refractivity contribution in [2.24, 2.45) is 5.41 Å². The molecule has 1 aliphatic carbocycles. The first-order valence-corrected chi connectivity index (χ1v) is 5.82. The quantitative estimate of drug-likeness (QED) is 0.631. The summed E-state index contributed by atoms with van der Waals surface area (Å²) >= 11 is 0. The minimum absolute atomic E-state index is 0.00461. The molecule has 0 amide bonds. The highest BCUT2D eigenvalue weighted by Gasteiger charge is 2.31. The Labute approximate surface area is 87.3 Å². The van der Waals surface area contributed by atoms with Crippen LogP contribution in [0.4, 0.5) is 0 Å². The molecular weight excluding hydrogens is 174 g/mol. The molecule has 1 rings (SSSR count). The van der Waals surface area contributed by atoms with Crippen LogP contribution in [0, 0.1) is 16.7 Å². The van der Waals surface area contributed by atoms with Crippen LogP contribution in [0.5, 0.6) is 0 Å². The van der Waals surface area contributed by atoms with Gasteiger partial charge in [0.05, 0.1) is 11.5 Å². The number of rotatable bonds is 5.